The lowest BCUT2D eigenvalue weighted by Crippen LogP contribution is -2.59. The van der Waals surface area contributed by atoms with Crippen LogP contribution in [0.3, 0.4) is 0 Å². The Morgan fingerprint density at radius 2 is 2.31 bits per heavy atom. The lowest BCUT2D eigenvalue weighted by atomic mass is 9.82. The molecule has 0 radical (unpaired) electrons. The number of rotatable bonds is 1. The Kier molecular flexibility index (Phi) is 2.77. The van der Waals surface area contributed by atoms with Crippen LogP contribution in [0, 0.1) is 5.92 Å². The zero-order chi connectivity index (χ0) is 10.1. The third-order valence-electron chi connectivity index (χ3n) is 2.69. The molecular formula is C8H16N2O3. The zero-order valence-corrected chi connectivity index (χ0v) is 7.91. The Hall–Kier alpha value is -0.810. The minimum Gasteiger partial charge on any atom is -0.442 e. The van der Waals surface area contributed by atoms with Gasteiger partial charge < -0.3 is 20.9 Å². The van der Waals surface area contributed by atoms with Gasteiger partial charge in [-0.1, -0.05) is 6.92 Å². The number of nitrogens with two attached hydrogens (primary N) is 1. The summed E-state index contributed by atoms with van der Waals surface area (Å²) >= 11 is 0. The average Bonchev–Trinajstić information content (AvgIpc) is 1.99. The van der Waals surface area contributed by atoms with Gasteiger partial charge in [0.15, 0.2) is 0 Å². The minimum absolute atomic E-state index is 0.0330. The molecule has 1 aliphatic heterocycles. The van der Waals surface area contributed by atoms with Gasteiger partial charge in [0.1, 0.15) is 11.7 Å². The maximum absolute atomic E-state index is 10.5. The first-order chi connectivity index (χ1) is 5.94. The molecule has 1 rings (SSSR count). The molecule has 5 heteroatoms. The highest BCUT2D eigenvalue weighted by molar-refractivity contribution is 5.65. The maximum Gasteiger partial charge on any atom is 0.404 e. The molecule has 1 saturated heterocycles. The highest BCUT2D eigenvalue weighted by Crippen LogP contribution is 2.25. The molecule has 0 aliphatic carbocycles. The lowest BCUT2D eigenvalue weighted by Gasteiger charge is -2.41. The first-order valence-corrected chi connectivity index (χ1v) is 4.33. The number of primary amides is 1. The number of carbonyl (C=O) groups is 1. The van der Waals surface area contributed by atoms with Crippen molar-refractivity contribution in [2.75, 3.05) is 13.1 Å². The molecule has 1 amide bonds. The van der Waals surface area contributed by atoms with Gasteiger partial charge >= 0.3 is 6.09 Å². The highest BCUT2D eigenvalue weighted by atomic mass is 16.6. The summed E-state index contributed by atoms with van der Waals surface area (Å²) < 4.78 is 4.80. The van der Waals surface area contributed by atoms with Crippen LogP contribution in [0.15, 0.2) is 0 Å². The van der Waals surface area contributed by atoms with Crippen LogP contribution in [0.4, 0.5) is 4.79 Å². The van der Waals surface area contributed by atoms with E-state index in [9.17, 15) is 9.90 Å². The number of nitrogens with one attached hydrogen (secondary N) is 1. The van der Waals surface area contributed by atoms with Crippen LogP contribution >= 0.6 is 0 Å². The summed E-state index contributed by atoms with van der Waals surface area (Å²) in [4.78, 5) is 10.5. The second-order valence-electron chi connectivity index (χ2n) is 3.71. The van der Waals surface area contributed by atoms with Crippen LogP contribution in [0.1, 0.15) is 13.8 Å². The second kappa shape index (κ2) is 3.51. The van der Waals surface area contributed by atoms with Crippen LogP contribution in [0.2, 0.25) is 0 Å². The van der Waals surface area contributed by atoms with Gasteiger partial charge in [0.25, 0.3) is 0 Å². The average molecular weight is 188 g/mol. The van der Waals surface area contributed by atoms with Gasteiger partial charge in [-0.05, 0) is 6.92 Å². The number of piperidine rings is 1. The molecule has 0 unspecified atom stereocenters. The SMILES string of the molecule is C[C@H]1CNC[C@@H](OC(N)=O)[C@@]1(C)O. The van der Waals surface area contributed by atoms with Gasteiger partial charge in [-0.15, -0.1) is 0 Å². The van der Waals surface area contributed by atoms with E-state index >= 15 is 0 Å². The molecule has 0 aromatic heterocycles. The molecule has 5 nitrogen and oxygen atoms in total. The van der Waals surface area contributed by atoms with Gasteiger partial charge in [0.2, 0.25) is 0 Å². The van der Waals surface area contributed by atoms with Crippen molar-refractivity contribution in [1.82, 2.24) is 5.32 Å². The van der Waals surface area contributed by atoms with Crippen LogP contribution in [0.25, 0.3) is 0 Å². The Labute approximate surface area is 77.2 Å². The fraction of sp³-hybridized carbons (Fsp3) is 0.875. The quantitative estimate of drug-likeness (QED) is 0.515. The van der Waals surface area contributed by atoms with Crippen molar-refractivity contribution in [2.24, 2.45) is 11.7 Å². The number of hydrogen-bond donors (Lipinski definition) is 3. The van der Waals surface area contributed by atoms with Crippen molar-refractivity contribution in [2.45, 2.75) is 25.6 Å². The third-order valence-corrected chi connectivity index (χ3v) is 2.69. The van der Waals surface area contributed by atoms with Crippen molar-refractivity contribution in [1.29, 1.82) is 0 Å². The summed E-state index contributed by atoms with van der Waals surface area (Å²) in [5, 5.41) is 13.0. The van der Waals surface area contributed by atoms with Crippen LogP contribution in [-0.2, 0) is 4.74 Å². The topological polar surface area (TPSA) is 84.6 Å². The van der Waals surface area contributed by atoms with Gasteiger partial charge in [0, 0.05) is 19.0 Å². The van der Waals surface area contributed by atoms with E-state index in [1.54, 1.807) is 6.92 Å². The molecular weight excluding hydrogens is 172 g/mol. The molecule has 13 heavy (non-hydrogen) atoms. The highest BCUT2D eigenvalue weighted by Gasteiger charge is 2.42. The van der Waals surface area contributed by atoms with Crippen molar-refractivity contribution >= 4 is 6.09 Å². The summed E-state index contributed by atoms with van der Waals surface area (Å²) in [5.41, 5.74) is 3.89. The van der Waals surface area contributed by atoms with E-state index in [1.807, 2.05) is 6.92 Å². The van der Waals surface area contributed by atoms with Gasteiger partial charge in [-0.3, -0.25) is 0 Å². The first kappa shape index (κ1) is 10.3. The zero-order valence-electron chi connectivity index (χ0n) is 7.91. The normalized spacial score (nSPS) is 39.9. The summed E-state index contributed by atoms with van der Waals surface area (Å²) in [6.07, 6.45) is -1.41. The van der Waals surface area contributed by atoms with Crippen molar-refractivity contribution in [3.8, 4) is 0 Å². The predicted molar refractivity (Wildman–Crippen MR) is 47.1 cm³/mol. The molecule has 1 fully saturated rings. The lowest BCUT2D eigenvalue weighted by molar-refractivity contribution is -0.111. The van der Waals surface area contributed by atoms with Crippen molar-refractivity contribution in [3.05, 3.63) is 0 Å². The summed E-state index contributed by atoms with van der Waals surface area (Å²) in [5.74, 6) is 0.0330. The molecule has 0 bridgehead atoms. The number of carbonyl (C=O) groups excluding carboxylic acids is 1. The largest absolute Gasteiger partial charge is 0.442 e. The fourth-order valence-electron chi connectivity index (χ4n) is 1.46. The van der Waals surface area contributed by atoms with Crippen molar-refractivity contribution in [3.63, 3.8) is 0 Å². The van der Waals surface area contributed by atoms with E-state index in [0.717, 1.165) is 0 Å². The fourth-order valence-corrected chi connectivity index (χ4v) is 1.46. The standard InChI is InChI=1S/C8H16N2O3/c1-5-3-10-4-6(8(5,2)12)13-7(9)11/h5-6,10,12H,3-4H2,1-2H3,(H2,9,11)/t5-,6+,8-/m0/s1. The molecule has 0 spiro atoms. The van der Waals surface area contributed by atoms with E-state index in [1.165, 1.54) is 0 Å². The molecule has 1 aliphatic rings. The van der Waals surface area contributed by atoms with Gasteiger partial charge in [-0.25, -0.2) is 4.79 Å². The number of ether oxygens (including phenoxy) is 1. The van der Waals surface area contributed by atoms with E-state index in [2.05, 4.69) is 5.32 Å². The Morgan fingerprint density at radius 3 is 2.85 bits per heavy atom. The number of hydrogen-bond acceptors (Lipinski definition) is 4. The first-order valence-electron chi connectivity index (χ1n) is 4.33. The minimum atomic E-state index is -1.000. The smallest absolute Gasteiger partial charge is 0.404 e. The molecule has 0 saturated carbocycles. The van der Waals surface area contributed by atoms with Gasteiger partial charge in [-0.2, -0.15) is 0 Å². The van der Waals surface area contributed by atoms with Crippen LogP contribution < -0.4 is 11.1 Å². The molecule has 1 heterocycles. The Balaban J connectivity index is 2.66. The Morgan fingerprint density at radius 1 is 1.69 bits per heavy atom. The third kappa shape index (κ3) is 2.10. The predicted octanol–water partition coefficient (Wildman–Crippen LogP) is -0.559. The maximum atomic E-state index is 10.5. The van der Waals surface area contributed by atoms with Gasteiger partial charge in [0.05, 0.1) is 0 Å². The number of aliphatic hydroxyl groups is 1. The Bertz CT molecular complexity index is 206. The molecule has 3 atom stereocenters. The van der Waals surface area contributed by atoms with E-state index in [-0.39, 0.29) is 5.92 Å². The number of amides is 1. The molecule has 76 valence electrons. The summed E-state index contributed by atoms with van der Waals surface area (Å²) in [7, 11) is 0. The van der Waals surface area contributed by atoms with Crippen LogP contribution in [-0.4, -0.2) is 36.0 Å². The van der Waals surface area contributed by atoms with E-state index in [4.69, 9.17) is 10.5 Å². The van der Waals surface area contributed by atoms with Crippen molar-refractivity contribution < 1.29 is 14.6 Å². The molecule has 4 N–H and O–H groups in total. The van der Waals surface area contributed by atoms with E-state index in [0.29, 0.717) is 13.1 Å². The molecule has 0 aromatic rings. The summed E-state index contributed by atoms with van der Waals surface area (Å²) in [6.45, 7) is 4.71. The molecule has 0 aromatic carbocycles. The monoisotopic (exact) mass is 188 g/mol. The van der Waals surface area contributed by atoms with Crippen LogP contribution in [0.5, 0.6) is 0 Å². The van der Waals surface area contributed by atoms with E-state index < -0.39 is 17.8 Å². The second-order valence-corrected chi connectivity index (χ2v) is 3.71. The summed E-state index contributed by atoms with van der Waals surface area (Å²) in [6, 6.07) is 0.